The molecule has 16 fully saturated rings. The van der Waals surface area contributed by atoms with Crippen LogP contribution in [0.25, 0.3) is 0 Å². The maximum absolute atomic E-state index is 17.1. The third-order valence-electron chi connectivity index (χ3n) is 37.1. The summed E-state index contributed by atoms with van der Waals surface area (Å²) in [5.41, 5.74) is -16.6. The first kappa shape index (κ1) is 95.6. The molecule has 700 valence electrons. The molecule has 16 aliphatic carbocycles. The standard InChI is InChI=1S/2C24H31FO6.2C24H33FO5.2C2H6/c2*1-20(2)30-19-10-16-15-6-5-13-9-14(27)7-8-21(13,3)23(15,25)17(28)11-22(16,4)24(19,31-20)18(29)12-26;2*1-20(2)29-19-11-16-15-9-8-14-7-5-6-10-21(14,3)23(15,25)17(27)12-22(16,4)24(19,30-20)18(28)13-26;2*1-2/h2*7-9,15-17,19,26,28H,5-6,10-12H2,1-4H3;2*5-7,15-17,19,26-27H,8-13H2,1-4H3;2*1-2H3/t4*15-,16-,17-,19+,21-,22-,23-,24+;;/m0000../s1. The maximum atomic E-state index is 17.1. The Kier molecular flexibility index (Phi) is 23.4. The van der Waals surface area contributed by atoms with Gasteiger partial charge < -0.3 is 78.7 Å². The summed E-state index contributed by atoms with van der Waals surface area (Å²) in [6, 6.07) is 0. The zero-order valence-electron chi connectivity index (χ0n) is 77.5. The van der Waals surface area contributed by atoms with Gasteiger partial charge in [0.2, 0.25) is 0 Å². The second kappa shape index (κ2) is 30.8. The second-order valence-electron chi connectivity index (χ2n) is 43.8. The number of ether oxygens (including phenoxy) is 8. The minimum atomic E-state index is -1.98. The average Bonchev–Trinajstić information content (AvgIpc) is 1.49. The summed E-state index contributed by atoms with van der Waals surface area (Å²) in [5.74, 6) is -8.86. The third-order valence-corrected chi connectivity index (χ3v) is 37.1. The van der Waals surface area contributed by atoms with E-state index in [4.69, 9.17) is 37.9 Å². The number of aliphatic hydroxyl groups is 8. The number of alkyl halides is 4. The Morgan fingerprint density at radius 3 is 0.833 bits per heavy atom. The van der Waals surface area contributed by atoms with Gasteiger partial charge >= 0.3 is 0 Å². The van der Waals surface area contributed by atoms with E-state index in [9.17, 15) is 69.6 Å². The van der Waals surface area contributed by atoms with Crippen molar-refractivity contribution in [2.45, 2.75) is 371 Å². The van der Waals surface area contributed by atoms with Crippen LogP contribution in [0.1, 0.15) is 254 Å². The van der Waals surface area contributed by atoms with E-state index in [0.717, 1.165) is 35.1 Å². The van der Waals surface area contributed by atoms with E-state index < -0.39 is 234 Å². The summed E-state index contributed by atoms with van der Waals surface area (Å²) < 4.78 is 118. The number of hydrogen-bond acceptors (Lipinski definition) is 22. The first-order chi connectivity index (χ1) is 58.6. The van der Waals surface area contributed by atoms with Gasteiger partial charge in [0.15, 0.2) is 91.6 Å². The Hall–Kier alpha value is -4.98. The molecule has 12 saturated carbocycles. The monoisotopic (exact) mass is 1770 g/mol. The molecule has 20 rings (SSSR count). The number of fused-ring (bicyclic) bond motifs is 28. The molecule has 22 nitrogen and oxygen atoms in total. The van der Waals surface area contributed by atoms with Crippen LogP contribution in [0, 0.1) is 90.7 Å². The largest absolute Gasteiger partial charge is 0.390 e. The molecule has 0 aromatic heterocycles. The zero-order valence-corrected chi connectivity index (χ0v) is 77.5. The van der Waals surface area contributed by atoms with Gasteiger partial charge in [-0.25, -0.2) is 17.6 Å². The number of carbonyl (C=O) groups is 6. The molecule has 0 spiro atoms. The number of hydrogen-bond donors (Lipinski definition) is 8. The zero-order chi connectivity index (χ0) is 92.7. The van der Waals surface area contributed by atoms with E-state index in [1.54, 1.807) is 81.4 Å². The van der Waals surface area contributed by atoms with Gasteiger partial charge in [-0.3, -0.25) is 28.8 Å². The summed E-state index contributed by atoms with van der Waals surface area (Å²) in [6.45, 7) is 34.3. The lowest BCUT2D eigenvalue weighted by Crippen LogP contribution is -2.70. The molecule has 0 aromatic carbocycles. The summed E-state index contributed by atoms with van der Waals surface area (Å²) in [4.78, 5) is 76.5. The highest BCUT2D eigenvalue weighted by molar-refractivity contribution is 6.02. The van der Waals surface area contributed by atoms with Crippen LogP contribution < -0.4 is 0 Å². The molecule has 0 amide bonds. The molecule has 0 aromatic rings. The summed E-state index contributed by atoms with van der Waals surface area (Å²) in [7, 11) is 0. The van der Waals surface area contributed by atoms with Gasteiger partial charge in [-0.2, -0.15) is 0 Å². The fraction of sp³-hybridized carbons (Fsp3) is 0.780. The number of rotatable bonds is 8. The predicted octanol–water partition coefficient (Wildman–Crippen LogP) is 13.4. The van der Waals surface area contributed by atoms with Crippen molar-refractivity contribution in [2.24, 2.45) is 90.7 Å². The van der Waals surface area contributed by atoms with Gasteiger partial charge in [-0.15, -0.1) is 0 Å². The van der Waals surface area contributed by atoms with Crippen molar-refractivity contribution >= 4 is 34.7 Å². The van der Waals surface area contributed by atoms with Crippen LogP contribution >= 0.6 is 0 Å². The SMILES string of the molecule is CC.CC.CC1(C)O[C@@H]2C[C@H]3[C@@H]4CCC5=CC(=O)C=C[C@]5(C)[C@@]4(F)[C@@H](O)C[C@]3(C)[C@]2(C(=O)CO)O1.CC1(C)O[C@@H]2C[C@H]3[C@@H]4CCC5=CC(=O)C=C[C@]5(C)[C@@]4(F)[C@@H](O)C[C@]3(C)[C@]2(C(=O)CO)O1.CC1(C)O[C@@H]2C[C@H]3[C@@H]4CCC5=CC=CC[C@]5(C)[C@@]4(F)[C@@H](O)C[C@]3(C)[C@]2(C(=O)CO)O1.CC1(C)O[C@@H]2C[C@H]3[C@@H]4CCC5=CC=CC[C@]5(C)[C@@]4(F)[C@@H](O)C[C@]3(C)[C@]2(C(=O)CO)O1. The summed E-state index contributed by atoms with van der Waals surface area (Å²) in [6.07, 6.45) is 21.6. The topological polar surface area (TPSA) is 338 Å². The fourth-order valence-corrected chi connectivity index (χ4v) is 32.1. The van der Waals surface area contributed by atoms with Crippen molar-refractivity contribution < 1.29 is 125 Å². The van der Waals surface area contributed by atoms with Crippen LogP contribution in [0.5, 0.6) is 0 Å². The van der Waals surface area contributed by atoms with Crippen LogP contribution in [0.3, 0.4) is 0 Å². The van der Waals surface area contributed by atoms with Crippen molar-refractivity contribution in [2.75, 3.05) is 26.4 Å². The molecule has 0 unspecified atom stereocenters. The van der Waals surface area contributed by atoms with Gasteiger partial charge in [-0.05, 0) is 233 Å². The van der Waals surface area contributed by atoms with Gasteiger partial charge in [0.25, 0.3) is 0 Å². The highest BCUT2D eigenvalue weighted by Crippen LogP contribution is 2.79. The Morgan fingerprint density at radius 1 is 0.357 bits per heavy atom. The van der Waals surface area contributed by atoms with Crippen LogP contribution in [-0.2, 0) is 66.7 Å². The maximum Gasteiger partial charge on any atom is 0.193 e. The van der Waals surface area contributed by atoms with Crippen molar-refractivity contribution in [3.63, 3.8) is 0 Å². The van der Waals surface area contributed by atoms with Gasteiger partial charge in [-0.1, -0.05) is 140 Å². The quantitative estimate of drug-likeness (QED) is 0.105. The molecule has 126 heavy (non-hydrogen) atoms. The molecule has 0 radical (unpaired) electrons. The lowest BCUT2D eigenvalue weighted by atomic mass is 9.44. The van der Waals surface area contributed by atoms with Crippen LogP contribution in [0.15, 0.2) is 95.2 Å². The number of Topliss-reactive ketones (excluding diaryl/α,β-unsaturated/α-hetero) is 4. The molecule has 32 atom stereocenters. The highest BCUT2D eigenvalue weighted by Gasteiger charge is 2.86. The van der Waals surface area contributed by atoms with Gasteiger partial charge in [0, 0.05) is 67.0 Å². The summed E-state index contributed by atoms with van der Waals surface area (Å²) in [5, 5.41) is 84.8. The van der Waals surface area contributed by atoms with Crippen molar-refractivity contribution in [3.8, 4) is 0 Å². The smallest absolute Gasteiger partial charge is 0.193 e. The number of ketones is 6. The van der Waals surface area contributed by atoms with Crippen molar-refractivity contribution in [1.29, 1.82) is 0 Å². The Balaban J connectivity index is 0.000000128. The molecular formula is C100H140F4O22. The Morgan fingerprint density at radius 2 is 0.587 bits per heavy atom. The van der Waals surface area contributed by atoms with Gasteiger partial charge in [0.05, 0.1) is 48.8 Å². The second-order valence-corrected chi connectivity index (χ2v) is 43.8. The van der Waals surface area contributed by atoms with E-state index >= 15 is 17.6 Å². The minimum absolute atomic E-state index is 0.0109. The first-order valence-corrected chi connectivity index (χ1v) is 46.8. The fourth-order valence-electron chi connectivity index (χ4n) is 32.1. The molecule has 0 bridgehead atoms. The number of allylic oxidation sites excluding steroid dienone is 16. The lowest BCUT2D eigenvalue weighted by molar-refractivity contribution is -0.250. The van der Waals surface area contributed by atoms with E-state index in [1.807, 2.05) is 106 Å². The average molecular weight is 1770 g/mol. The highest BCUT2D eigenvalue weighted by atomic mass is 19.2. The van der Waals surface area contributed by atoms with Gasteiger partial charge in [0.1, 0.15) is 37.8 Å². The molecule has 4 saturated heterocycles. The molecule has 20 aliphatic rings. The van der Waals surface area contributed by atoms with Crippen LogP contribution in [0.2, 0.25) is 0 Å². The lowest BCUT2D eigenvalue weighted by Gasteiger charge is -2.63. The first-order valence-electron chi connectivity index (χ1n) is 46.8. The van der Waals surface area contributed by atoms with E-state index in [2.05, 4.69) is 0 Å². The normalized spacial score (nSPS) is 51.1. The molecule has 4 heterocycles. The Labute approximate surface area is 739 Å². The molecule has 8 N–H and O–H groups in total. The number of aliphatic hydroxyl groups excluding tert-OH is 8. The predicted molar refractivity (Wildman–Crippen MR) is 456 cm³/mol. The van der Waals surface area contributed by atoms with E-state index in [1.165, 1.54) is 24.3 Å². The van der Waals surface area contributed by atoms with Crippen molar-refractivity contribution in [1.82, 2.24) is 0 Å². The molecule has 26 heteroatoms. The van der Waals surface area contributed by atoms with Crippen LogP contribution in [0.4, 0.5) is 17.6 Å². The van der Waals surface area contributed by atoms with E-state index in [-0.39, 0.29) is 60.9 Å². The molecule has 4 aliphatic heterocycles. The number of carbonyl (C=O) groups excluding carboxylic acids is 6. The van der Waals surface area contributed by atoms with Crippen LogP contribution in [-0.4, -0.2) is 219 Å². The Bertz CT molecular complexity index is 4410. The summed E-state index contributed by atoms with van der Waals surface area (Å²) >= 11 is 0. The van der Waals surface area contributed by atoms with E-state index in [0.29, 0.717) is 77.0 Å². The number of halogens is 4. The minimum Gasteiger partial charge on any atom is -0.390 e. The molecular weight excluding hydrogens is 1630 g/mol. The third kappa shape index (κ3) is 12.0. The van der Waals surface area contributed by atoms with Crippen molar-refractivity contribution in [3.05, 3.63) is 95.2 Å².